The predicted octanol–water partition coefficient (Wildman–Crippen LogP) is 8.32. The molecule has 0 radical (unpaired) electrons. The van der Waals surface area contributed by atoms with E-state index < -0.39 is 0 Å². The molecule has 0 saturated heterocycles. The fourth-order valence-corrected chi connectivity index (χ4v) is 5.75. The van der Waals surface area contributed by atoms with Crippen molar-refractivity contribution in [2.45, 2.75) is 40.0 Å². The molecule has 0 bridgehead atoms. The molecule has 0 saturated carbocycles. The van der Waals surface area contributed by atoms with E-state index in [2.05, 4.69) is 23.5 Å². The number of rotatable bonds is 8. The number of hydrogen-bond donors (Lipinski definition) is 2. The molecule has 4 aromatic rings. The van der Waals surface area contributed by atoms with E-state index in [-0.39, 0.29) is 35.4 Å². The van der Waals surface area contributed by atoms with E-state index in [1.807, 2.05) is 45.0 Å². The number of carbonyl (C=O) groups excluding carboxylic acids is 1. The first-order chi connectivity index (χ1) is 19.8. The van der Waals surface area contributed by atoms with Crippen LogP contribution in [0.1, 0.15) is 54.5 Å². The van der Waals surface area contributed by atoms with Crippen molar-refractivity contribution in [2.75, 3.05) is 19.5 Å². The van der Waals surface area contributed by atoms with Gasteiger partial charge in [-0.3, -0.25) is 4.79 Å². The Balaban J connectivity index is 1.58. The molecule has 1 aliphatic rings. The fraction of sp³-hybridized carbons (Fsp3) is 0.229. The first kappa shape index (κ1) is 28.0. The number of anilines is 1. The summed E-state index contributed by atoms with van der Waals surface area (Å²) in [6.45, 7) is 6.01. The number of phenols is 1. The molecule has 0 aliphatic heterocycles. The molecular weight excluding hydrogens is 517 g/mol. The Bertz CT molecular complexity index is 1710. The number of ether oxygens (including phenoxy) is 2. The van der Waals surface area contributed by atoms with E-state index in [4.69, 9.17) is 9.47 Å². The summed E-state index contributed by atoms with van der Waals surface area (Å²) < 4.78 is 25.8. The maximum absolute atomic E-state index is 15.1. The molecule has 41 heavy (non-hydrogen) atoms. The van der Waals surface area contributed by atoms with E-state index in [9.17, 15) is 9.90 Å². The zero-order valence-electron chi connectivity index (χ0n) is 24.0. The first-order valence-electron chi connectivity index (χ1n) is 13.8. The number of nitrogens with one attached hydrogen (secondary N) is 1. The van der Waals surface area contributed by atoms with Gasteiger partial charge in [0.15, 0.2) is 11.5 Å². The Labute approximate surface area is 239 Å². The third kappa shape index (κ3) is 5.30. The molecule has 4 aromatic carbocycles. The van der Waals surface area contributed by atoms with Crippen molar-refractivity contribution >= 4 is 39.6 Å². The maximum Gasteiger partial charge on any atom is 0.228 e. The molecule has 6 heteroatoms. The van der Waals surface area contributed by atoms with Gasteiger partial charge in [0, 0.05) is 5.69 Å². The summed E-state index contributed by atoms with van der Waals surface area (Å²) in [6.07, 6.45) is 3.24. The average molecular weight is 552 g/mol. The number of methoxy groups -OCH3 is 2. The average Bonchev–Trinajstić information content (AvgIpc) is 3.24. The second kappa shape index (κ2) is 11.5. The van der Waals surface area contributed by atoms with Gasteiger partial charge < -0.3 is 19.9 Å². The first-order valence-corrected chi connectivity index (χ1v) is 13.8. The standard InChI is InChI=1S/C35H34FNO4/c1-6-25-28(15-21-16-31(40-4)35(39)32(17-21)41-5)27-12-13-30(36)26(7-2)34(27)29(25)19-33(38)37-24-11-10-22-9-8-20(3)14-23(22)18-24/h8-18,39H,6-7,19H2,1-5H3,(H,37,38). The van der Waals surface area contributed by atoms with Gasteiger partial charge in [-0.2, -0.15) is 0 Å². The van der Waals surface area contributed by atoms with Crippen LogP contribution in [0.15, 0.2) is 66.2 Å². The van der Waals surface area contributed by atoms with Crippen LogP contribution in [0, 0.1) is 12.7 Å². The van der Waals surface area contributed by atoms with Gasteiger partial charge >= 0.3 is 0 Å². The summed E-state index contributed by atoms with van der Waals surface area (Å²) in [5.74, 6) is 0.0555. The van der Waals surface area contributed by atoms with Crippen molar-refractivity contribution in [2.24, 2.45) is 0 Å². The molecule has 1 aliphatic carbocycles. The van der Waals surface area contributed by atoms with E-state index in [1.165, 1.54) is 20.3 Å². The number of amides is 1. The normalized spacial score (nSPS) is 13.6. The highest BCUT2D eigenvalue weighted by molar-refractivity contribution is 6.11. The van der Waals surface area contributed by atoms with Crippen LogP contribution in [-0.4, -0.2) is 25.2 Å². The summed E-state index contributed by atoms with van der Waals surface area (Å²) in [6, 6.07) is 18.9. The monoisotopic (exact) mass is 551 g/mol. The summed E-state index contributed by atoms with van der Waals surface area (Å²) in [7, 11) is 2.97. The molecular formula is C35H34FNO4. The van der Waals surface area contributed by atoms with Crippen LogP contribution in [0.4, 0.5) is 10.1 Å². The lowest BCUT2D eigenvalue weighted by atomic mass is 9.94. The summed E-state index contributed by atoms with van der Waals surface area (Å²) in [5.41, 5.74) is 7.62. The molecule has 0 unspecified atom stereocenters. The highest BCUT2D eigenvalue weighted by atomic mass is 19.1. The molecule has 0 fully saturated rings. The lowest BCUT2D eigenvalue weighted by Crippen LogP contribution is -2.12. The Morgan fingerprint density at radius 2 is 1.61 bits per heavy atom. The lowest BCUT2D eigenvalue weighted by molar-refractivity contribution is -0.115. The number of allylic oxidation sites excluding steroid dienone is 2. The van der Waals surface area contributed by atoms with Crippen molar-refractivity contribution in [1.29, 1.82) is 0 Å². The molecule has 210 valence electrons. The Morgan fingerprint density at radius 3 is 2.27 bits per heavy atom. The molecule has 0 spiro atoms. The minimum Gasteiger partial charge on any atom is -0.502 e. The number of aromatic hydroxyl groups is 1. The van der Waals surface area contributed by atoms with Gasteiger partial charge in [-0.25, -0.2) is 4.39 Å². The predicted molar refractivity (Wildman–Crippen MR) is 164 cm³/mol. The van der Waals surface area contributed by atoms with Crippen molar-refractivity contribution in [1.82, 2.24) is 0 Å². The smallest absolute Gasteiger partial charge is 0.228 e. The molecule has 1 amide bonds. The topological polar surface area (TPSA) is 67.8 Å². The zero-order valence-corrected chi connectivity index (χ0v) is 24.0. The largest absolute Gasteiger partial charge is 0.502 e. The molecule has 0 aromatic heterocycles. The van der Waals surface area contributed by atoms with Gasteiger partial charge in [0.05, 0.1) is 20.6 Å². The number of hydrogen-bond acceptors (Lipinski definition) is 4. The minimum atomic E-state index is -0.279. The van der Waals surface area contributed by atoms with Gasteiger partial charge in [0.25, 0.3) is 0 Å². The van der Waals surface area contributed by atoms with Crippen molar-refractivity contribution in [3.63, 3.8) is 0 Å². The second-order valence-corrected chi connectivity index (χ2v) is 10.2. The highest BCUT2D eigenvalue weighted by Crippen LogP contribution is 2.48. The van der Waals surface area contributed by atoms with E-state index >= 15 is 4.39 Å². The Hall–Kier alpha value is -4.58. The second-order valence-electron chi connectivity index (χ2n) is 10.2. The molecule has 0 heterocycles. The van der Waals surface area contributed by atoms with Gasteiger partial charge in [-0.1, -0.05) is 49.7 Å². The number of aryl methyl sites for hydroxylation is 1. The van der Waals surface area contributed by atoms with Gasteiger partial charge in [-0.05, 0) is 106 Å². The van der Waals surface area contributed by atoms with Crippen molar-refractivity contribution in [3.8, 4) is 17.2 Å². The van der Waals surface area contributed by atoms with Crippen LogP contribution in [0.2, 0.25) is 0 Å². The number of carbonyl (C=O) groups is 1. The third-order valence-electron chi connectivity index (χ3n) is 7.67. The van der Waals surface area contributed by atoms with Crippen LogP contribution < -0.4 is 14.8 Å². The van der Waals surface area contributed by atoms with Crippen LogP contribution in [0.25, 0.3) is 28.0 Å². The third-order valence-corrected chi connectivity index (χ3v) is 7.67. The van der Waals surface area contributed by atoms with E-state index in [1.54, 1.807) is 18.2 Å². The fourth-order valence-electron chi connectivity index (χ4n) is 5.75. The van der Waals surface area contributed by atoms with Gasteiger partial charge in [0.1, 0.15) is 5.82 Å². The van der Waals surface area contributed by atoms with Crippen molar-refractivity contribution in [3.05, 3.63) is 99.9 Å². The van der Waals surface area contributed by atoms with Crippen LogP contribution >= 0.6 is 0 Å². The Kier molecular flexibility index (Phi) is 7.84. The molecule has 0 atom stereocenters. The maximum atomic E-state index is 15.1. The van der Waals surface area contributed by atoms with Gasteiger partial charge in [-0.15, -0.1) is 0 Å². The highest BCUT2D eigenvalue weighted by Gasteiger charge is 2.30. The molecule has 5 nitrogen and oxygen atoms in total. The van der Waals surface area contributed by atoms with Crippen LogP contribution in [0.5, 0.6) is 17.2 Å². The Morgan fingerprint density at radius 1 is 0.902 bits per heavy atom. The lowest BCUT2D eigenvalue weighted by Gasteiger charge is -2.13. The number of fused-ring (bicyclic) bond motifs is 2. The summed E-state index contributed by atoms with van der Waals surface area (Å²) >= 11 is 0. The number of phenolic OH excluding ortho intramolecular Hbond substituents is 1. The van der Waals surface area contributed by atoms with Crippen molar-refractivity contribution < 1.29 is 23.8 Å². The number of benzene rings is 4. The van der Waals surface area contributed by atoms with Crippen LogP contribution in [0.3, 0.4) is 0 Å². The van der Waals surface area contributed by atoms with E-state index in [0.29, 0.717) is 18.4 Å². The van der Waals surface area contributed by atoms with E-state index in [0.717, 1.165) is 55.4 Å². The summed E-state index contributed by atoms with van der Waals surface area (Å²) in [4.78, 5) is 13.5. The summed E-state index contributed by atoms with van der Waals surface area (Å²) in [5, 5.41) is 15.6. The van der Waals surface area contributed by atoms with Gasteiger partial charge in [0.2, 0.25) is 11.7 Å². The SMILES string of the molecule is CCC1=C(CC(=O)Nc2ccc3ccc(C)cc3c2)c2c(ccc(F)c2CC)C1=Cc1cc(OC)c(O)c(OC)c1. The quantitative estimate of drug-likeness (QED) is 0.231. The number of halogens is 1. The molecule has 2 N–H and O–H groups in total. The zero-order chi connectivity index (χ0) is 29.3. The minimum absolute atomic E-state index is 0.0771. The molecule has 5 rings (SSSR count). The van der Waals surface area contributed by atoms with Crippen LogP contribution in [-0.2, 0) is 11.2 Å².